The Bertz CT molecular complexity index is 649. The maximum atomic E-state index is 12.0. The fourth-order valence-electron chi connectivity index (χ4n) is 2.05. The van der Waals surface area contributed by atoms with Gasteiger partial charge in [-0.1, -0.05) is 44.2 Å². The molecule has 0 spiro atoms. The molecule has 0 atom stereocenters. The third-order valence-electron chi connectivity index (χ3n) is 3.51. The zero-order valence-corrected chi connectivity index (χ0v) is 14.2. The zero-order chi connectivity index (χ0) is 17.2. The summed E-state index contributed by atoms with van der Waals surface area (Å²) in [6, 6.07) is 17.1. The molecule has 1 N–H and O–H groups in total. The normalized spacial score (nSPS) is 11.0. The van der Waals surface area contributed by atoms with Crippen molar-refractivity contribution in [2.24, 2.45) is 11.0 Å². The Morgan fingerprint density at radius 2 is 1.83 bits per heavy atom. The molecule has 2 aromatic rings. The van der Waals surface area contributed by atoms with Gasteiger partial charge in [-0.05, 0) is 42.2 Å². The fraction of sp³-hybridized carbons (Fsp3) is 0.300. The summed E-state index contributed by atoms with van der Waals surface area (Å²) in [4.78, 5) is 12.0. The number of carbonyl (C=O) groups excluding carboxylic acids is 1. The number of hydrazone groups is 1. The van der Waals surface area contributed by atoms with Crippen LogP contribution in [0.1, 0.15) is 36.2 Å². The lowest BCUT2D eigenvalue weighted by Crippen LogP contribution is -2.17. The van der Waals surface area contributed by atoms with Gasteiger partial charge in [0.15, 0.2) is 0 Å². The van der Waals surface area contributed by atoms with Crippen molar-refractivity contribution >= 4 is 12.1 Å². The SMILES string of the molecule is CC(C)CCOc1ccc(C(=O)NN=CCc2ccccc2)cc1. The Kier molecular flexibility index (Phi) is 7.02. The monoisotopic (exact) mass is 324 g/mol. The van der Waals surface area contributed by atoms with E-state index in [1.165, 1.54) is 0 Å². The Hall–Kier alpha value is -2.62. The second kappa shape index (κ2) is 9.50. The Balaban J connectivity index is 1.77. The highest BCUT2D eigenvalue weighted by molar-refractivity contribution is 5.94. The quantitative estimate of drug-likeness (QED) is 0.588. The standard InChI is InChI=1S/C20H24N2O2/c1-16(2)13-15-24-19-10-8-18(9-11-19)20(23)22-21-14-12-17-6-4-3-5-7-17/h3-11,14,16H,12-13,15H2,1-2H3,(H,22,23). The van der Waals surface area contributed by atoms with Crippen LogP contribution in [0.4, 0.5) is 0 Å². The predicted molar refractivity (Wildman–Crippen MR) is 97.5 cm³/mol. The zero-order valence-electron chi connectivity index (χ0n) is 14.2. The molecule has 0 aliphatic rings. The van der Waals surface area contributed by atoms with Gasteiger partial charge in [0.1, 0.15) is 5.75 Å². The van der Waals surface area contributed by atoms with Gasteiger partial charge in [-0.2, -0.15) is 5.10 Å². The minimum absolute atomic E-state index is 0.229. The molecule has 0 saturated heterocycles. The van der Waals surface area contributed by atoms with E-state index in [1.807, 2.05) is 42.5 Å². The van der Waals surface area contributed by atoms with Gasteiger partial charge in [-0.3, -0.25) is 4.79 Å². The molecule has 0 aromatic heterocycles. The second-order valence-corrected chi connectivity index (χ2v) is 6.00. The van der Waals surface area contributed by atoms with E-state index in [0.717, 1.165) is 17.7 Å². The molecule has 0 heterocycles. The Morgan fingerprint density at radius 1 is 1.12 bits per heavy atom. The molecular weight excluding hydrogens is 300 g/mol. The second-order valence-electron chi connectivity index (χ2n) is 6.00. The number of carbonyl (C=O) groups is 1. The topological polar surface area (TPSA) is 50.7 Å². The first-order chi connectivity index (χ1) is 11.6. The first-order valence-corrected chi connectivity index (χ1v) is 8.24. The van der Waals surface area contributed by atoms with Crippen LogP contribution in [-0.2, 0) is 6.42 Å². The number of nitrogens with zero attached hydrogens (tertiary/aromatic N) is 1. The summed E-state index contributed by atoms with van der Waals surface area (Å²) in [5.74, 6) is 1.16. The van der Waals surface area contributed by atoms with E-state index in [0.29, 0.717) is 24.5 Å². The van der Waals surface area contributed by atoms with Crippen LogP contribution in [0.25, 0.3) is 0 Å². The third-order valence-corrected chi connectivity index (χ3v) is 3.51. The largest absolute Gasteiger partial charge is 0.494 e. The molecule has 0 aliphatic carbocycles. The smallest absolute Gasteiger partial charge is 0.271 e. The number of hydrogen-bond acceptors (Lipinski definition) is 3. The van der Waals surface area contributed by atoms with E-state index in [9.17, 15) is 4.79 Å². The summed E-state index contributed by atoms with van der Waals surface area (Å²) in [6.45, 7) is 5.01. The lowest BCUT2D eigenvalue weighted by Gasteiger charge is -2.08. The third kappa shape index (κ3) is 6.24. The van der Waals surface area contributed by atoms with Crippen LogP contribution in [0.3, 0.4) is 0 Å². The molecule has 4 heteroatoms. The molecule has 126 valence electrons. The van der Waals surface area contributed by atoms with Gasteiger partial charge in [-0.15, -0.1) is 0 Å². The fourth-order valence-corrected chi connectivity index (χ4v) is 2.05. The molecule has 2 rings (SSSR count). The van der Waals surface area contributed by atoms with Crippen LogP contribution >= 0.6 is 0 Å². The van der Waals surface area contributed by atoms with Gasteiger partial charge in [0, 0.05) is 18.2 Å². The number of nitrogens with one attached hydrogen (secondary N) is 1. The minimum Gasteiger partial charge on any atom is -0.494 e. The van der Waals surface area contributed by atoms with Gasteiger partial charge in [-0.25, -0.2) is 5.43 Å². The Morgan fingerprint density at radius 3 is 2.50 bits per heavy atom. The number of ether oxygens (including phenoxy) is 1. The van der Waals surface area contributed by atoms with Crippen LogP contribution in [0.2, 0.25) is 0 Å². The summed E-state index contributed by atoms with van der Waals surface area (Å²) >= 11 is 0. The van der Waals surface area contributed by atoms with Crippen molar-refractivity contribution in [1.82, 2.24) is 5.43 Å². The maximum absolute atomic E-state index is 12.0. The maximum Gasteiger partial charge on any atom is 0.271 e. The van der Waals surface area contributed by atoms with E-state index in [2.05, 4.69) is 24.4 Å². The van der Waals surface area contributed by atoms with Crippen molar-refractivity contribution in [2.75, 3.05) is 6.61 Å². The van der Waals surface area contributed by atoms with Crippen LogP contribution in [0, 0.1) is 5.92 Å². The number of hydrogen-bond donors (Lipinski definition) is 1. The van der Waals surface area contributed by atoms with Crippen LogP contribution in [0.5, 0.6) is 5.75 Å². The van der Waals surface area contributed by atoms with Gasteiger partial charge in [0.2, 0.25) is 0 Å². The van der Waals surface area contributed by atoms with Crippen molar-refractivity contribution in [2.45, 2.75) is 26.7 Å². The van der Waals surface area contributed by atoms with Crippen molar-refractivity contribution in [1.29, 1.82) is 0 Å². The number of rotatable bonds is 8. The van der Waals surface area contributed by atoms with Crippen molar-refractivity contribution in [3.05, 3.63) is 65.7 Å². The molecule has 0 unspecified atom stereocenters. The van der Waals surface area contributed by atoms with Gasteiger partial charge in [0.25, 0.3) is 5.91 Å². The average molecular weight is 324 g/mol. The van der Waals surface area contributed by atoms with Crippen molar-refractivity contribution < 1.29 is 9.53 Å². The van der Waals surface area contributed by atoms with Gasteiger partial charge >= 0.3 is 0 Å². The molecule has 4 nitrogen and oxygen atoms in total. The van der Waals surface area contributed by atoms with E-state index >= 15 is 0 Å². The first kappa shape index (κ1) is 17.7. The van der Waals surface area contributed by atoms with E-state index < -0.39 is 0 Å². The highest BCUT2D eigenvalue weighted by Gasteiger charge is 2.04. The molecule has 24 heavy (non-hydrogen) atoms. The van der Waals surface area contributed by atoms with Crippen LogP contribution < -0.4 is 10.2 Å². The van der Waals surface area contributed by atoms with E-state index in [4.69, 9.17) is 4.74 Å². The molecule has 2 aromatic carbocycles. The van der Waals surface area contributed by atoms with Gasteiger partial charge < -0.3 is 4.74 Å². The lowest BCUT2D eigenvalue weighted by atomic mass is 10.1. The molecule has 0 saturated carbocycles. The van der Waals surface area contributed by atoms with Crippen molar-refractivity contribution in [3.8, 4) is 5.75 Å². The molecule has 0 bridgehead atoms. The van der Waals surface area contributed by atoms with Gasteiger partial charge in [0.05, 0.1) is 6.61 Å². The van der Waals surface area contributed by atoms with Crippen molar-refractivity contribution in [3.63, 3.8) is 0 Å². The number of amides is 1. The number of benzene rings is 2. The molecule has 0 fully saturated rings. The lowest BCUT2D eigenvalue weighted by molar-refractivity contribution is 0.0955. The summed E-state index contributed by atoms with van der Waals surface area (Å²) in [6.07, 6.45) is 3.39. The highest BCUT2D eigenvalue weighted by atomic mass is 16.5. The van der Waals surface area contributed by atoms with E-state index in [1.54, 1.807) is 18.3 Å². The molecule has 0 aliphatic heterocycles. The summed E-state index contributed by atoms with van der Waals surface area (Å²) in [7, 11) is 0. The highest BCUT2D eigenvalue weighted by Crippen LogP contribution is 2.13. The minimum atomic E-state index is -0.229. The van der Waals surface area contributed by atoms with Crippen LogP contribution in [0.15, 0.2) is 59.7 Å². The summed E-state index contributed by atoms with van der Waals surface area (Å²) < 4.78 is 5.64. The summed E-state index contributed by atoms with van der Waals surface area (Å²) in [5, 5.41) is 3.98. The average Bonchev–Trinajstić information content (AvgIpc) is 2.60. The molecule has 1 amide bonds. The predicted octanol–water partition coefficient (Wildman–Crippen LogP) is 4.07. The van der Waals surface area contributed by atoms with E-state index in [-0.39, 0.29) is 5.91 Å². The molecule has 0 radical (unpaired) electrons. The first-order valence-electron chi connectivity index (χ1n) is 8.24. The Labute approximate surface area is 143 Å². The van der Waals surface area contributed by atoms with Crippen LogP contribution in [-0.4, -0.2) is 18.7 Å². The summed E-state index contributed by atoms with van der Waals surface area (Å²) in [5.41, 5.74) is 4.25. The molecular formula is C20H24N2O2.